The summed E-state index contributed by atoms with van der Waals surface area (Å²) in [6, 6.07) is 5.00. The first-order valence-electron chi connectivity index (χ1n) is 5.53. The number of anilines is 1. The van der Waals surface area contributed by atoms with Crippen molar-refractivity contribution in [3.8, 4) is 5.75 Å². The van der Waals surface area contributed by atoms with Gasteiger partial charge in [0.25, 0.3) is 5.91 Å². The van der Waals surface area contributed by atoms with Gasteiger partial charge >= 0.3 is 0 Å². The quantitative estimate of drug-likeness (QED) is 0.761. The molecule has 0 spiro atoms. The third kappa shape index (κ3) is 2.27. The number of benzene rings is 1. The van der Waals surface area contributed by atoms with E-state index in [9.17, 15) is 4.79 Å². The van der Waals surface area contributed by atoms with Gasteiger partial charge in [-0.2, -0.15) is 0 Å². The molecule has 1 fully saturated rings. The van der Waals surface area contributed by atoms with Gasteiger partial charge in [0.15, 0.2) is 0 Å². The van der Waals surface area contributed by atoms with Gasteiger partial charge in [-0.25, -0.2) is 0 Å². The molecule has 0 atom stereocenters. The Hall–Kier alpha value is -1.71. The van der Waals surface area contributed by atoms with Crippen LogP contribution >= 0.6 is 0 Å². The van der Waals surface area contributed by atoms with E-state index in [2.05, 4.69) is 0 Å². The fraction of sp³-hybridized carbons (Fsp3) is 0.417. The second-order valence-electron chi connectivity index (χ2n) is 4.14. The van der Waals surface area contributed by atoms with Crippen molar-refractivity contribution in [1.82, 2.24) is 0 Å². The zero-order chi connectivity index (χ0) is 11.5. The van der Waals surface area contributed by atoms with Gasteiger partial charge in [-0.3, -0.25) is 4.79 Å². The number of rotatable bonds is 3. The highest BCUT2D eigenvalue weighted by Gasteiger charge is 2.19. The molecule has 1 amide bonds. The Labute approximate surface area is 94.6 Å². The molecule has 1 aromatic carbocycles. The largest absolute Gasteiger partial charge is 0.490 e. The summed E-state index contributed by atoms with van der Waals surface area (Å²) in [5.41, 5.74) is 11.8. The average Bonchev–Trinajstić information content (AvgIpc) is 2.73. The lowest BCUT2D eigenvalue weighted by Gasteiger charge is -2.15. The molecule has 16 heavy (non-hydrogen) atoms. The monoisotopic (exact) mass is 220 g/mol. The molecule has 4 nitrogen and oxygen atoms in total. The minimum Gasteiger partial charge on any atom is -0.490 e. The van der Waals surface area contributed by atoms with Crippen LogP contribution in [-0.4, -0.2) is 12.0 Å². The molecule has 0 aromatic heterocycles. The van der Waals surface area contributed by atoms with Gasteiger partial charge in [0.05, 0.1) is 11.7 Å². The summed E-state index contributed by atoms with van der Waals surface area (Å²) in [4.78, 5) is 11.2. The highest BCUT2D eigenvalue weighted by atomic mass is 16.5. The molecule has 4 N–H and O–H groups in total. The summed E-state index contributed by atoms with van der Waals surface area (Å²) in [7, 11) is 0. The molecular weight excluding hydrogens is 204 g/mol. The van der Waals surface area contributed by atoms with Crippen LogP contribution in [0.1, 0.15) is 36.0 Å². The van der Waals surface area contributed by atoms with Crippen molar-refractivity contribution in [3.63, 3.8) is 0 Å². The highest BCUT2D eigenvalue weighted by Crippen LogP contribution is 2.27. The number of hydrogen-bond acceptors (Lipinski definition) is 3. The maximum Gasteiger partial charge on any atom is 0.252 e. The standard InChI is InChI=1S/C12H16N2O2/c13-8-5-6-11(10(7-8)12(14)15)16-9-3-1-2-4-9/h5-7,9H,1-4,13H2,(H2,14,15). The van der Waals surface area contributed by atoms with Crippen LogP contribution in [0.5, 0.6) is 5.75 Å². The molecule has 4 heteroatoms. The van der Waals surface area contributed by atoms with Crippen LogP contribution in [0.15, 0.2) is 18.2 Å². The van der Waals surface area contributed by atoms with Crippen LogP contribution in [0.4, 0.5) is 5.69 Å². The number of carbonyl (C=O) groups excluding carboxylic acids is 1. The molecule has 0 bridgehead atoms. The van der Waals surface area contributed by atoms with Gasteiger partial charge in [-0.1, -0.05) is 0 Å². The maximum absolute atomic E-state index is 11.2. The fourth-order valence-electron chi connectivity index (χ4n) is 2.03. The average molecular weight is 220 g/mol. The second-order valence-corrected chi connectivity index (χ2v) is 4.14. The first-order chi connectivity index (χ1) is 7.66. The first kappa shape index (κ1) is 10.8. The fourth-order valence-corrected chi connectivity index (χ4v) is 2.03. The van der Waals surface area contributed by atoms with E-state index in [1.807, 2.05) is 0 Å². The second kappa shape index (κ2) is 4.43. The van der Waals surface area contributed by atoms with Crippen molar-refractivity contribution >= 4 is 11.6 Å². The predicted molar refractivity (Wildman–Crippen MR) is 62.3 cm³/mol. The Morgan fingerprint density at radius 2 is 2.00 bits per heavy atom. The summed E-state index contributed by atoms with van der Waals surface area (Å²) in [5.74, 6) is 0.0499. The van der Waals surface area contributed by atoms with Crippen molar-refractivity contribution in [2.45, 2.75) is 31.8 Å². The van der Waals surface area contributed by atoms with E-state index in [0.29, 0.717) is 17.0 Å². The molecule has 86 valence electrons. The van der Waals surface area contributed by atoms with E-state index in [1.54, 1.807) is 18.2 Å². The third-order valence-corrected chi connectivity index (χ3v) is 2.86. The summed E-state index contributed by atoms with van der Waals surface area (Å²) in [6.45, 7) is 0. The zero-order valence-electron chi connectivity index (χ0n) is 9.11. The lowest BCUT2D eigenvalue weighted by molar-refractivity contribution is 0.0993. The molecule has 1 aliphatic carbocycles. The molecule has 0 heterocycles. The molecule has 0 aliphatic heterocycles. The van der Waals surface area contributed by atoms with Gasteiger partial charge in [0.1, 0.15) is 5.75 Å². The van der Waals surface area contributed by atoms with Crippen LogP contribution in [0, 0.1) is 0 Å². The molecule has 1 aliphatic rings. The SMILES string of the molecule is NC(=O)c1cc(N)ccc1OC1CCCC1. The Kier molecular flexibility index (Phi) is 2.99. The smallest absolute Gasteiger partial charge is 0.252 e. The topological polar surface area (TPSA) is 78.3 Å². The number of nitrogen functional groups attached to an aromatic ring is 1. The van der Waals surface area contributed by atoms with Crippen molar-refractivity contribution in [3.05, 3.63) is 23.8 Å². The number of amides is 1. The molecule has 1 aromatic rings. The van der Waals surface area contributed by atoms with Crippen LogP contribution in [0.25, 0.3) is 0 Å². The van der Waals surface area contributed by atoms with Gasteiger partial charge in [-0.15, -0.1) is 0 Å². The number of hydrogen-bond donors (Lipinski definition) is 2. The van der Waals surface area contributed by atoms with E-state index in [1.165, 1.54) is 12.8 Å². The summed E-state index contributed by atoms with van der Waals surface area (Å²) in [5, 5.41) is 0. The number of carbonyl (C=O) groups is 1. The Balaban J connectivity index is 2.21. The zero-order valence-corrected chi connectivity index (χ0v) is 9.11. The van der Waals surface area contributed by atoms with Crippen molar-refractivity contribution in [2.24, 2.45) is 5.73 Å². The summed E-state index contributed by atoms with van der Waals surface area (Å²) in [6.07, 6.45) is 4.67. The molecule has 1 saturated carbocycles. The van der Waals surface area contributed by atoms with E-state index in [0.717, 1.165) is 12.8 Å². The molecule has 0 radical (unpaired) electrons. The summed E-state index contributed by atoms with van der Waals surface area (Å²) < 4.78 is 5.77. The first-order valence-corrected chi connectivity index (χ1v) is 5.53. The molecular formula is C12H16N2O2. The Morgan fingerprint density at radius 1 is 1.31 bits per heavy atom. The van der Waals surface area contributed by atoms with Gasteiger partial charge < -0.3 is 16.2 Å². The number of nitrogens with two attached hydrogens (primary N) is 2. The number of primary amides is 1. The normalized spacial score (nSPS) is 16.2. The molecule has 0 saturated heterocycles. The minimum absolute atomic E-state index is 0.210. The highest BCUT2D eigenvalue weighted by molar-refractivity contribution is 5.96. The van der Waals surface area contributed by atoms with Crippen LogP contribution in [-0.2, 0) is 0 Å². The van der Waals surface area contributed by atoms with Crippen LogP contribution < -0.4 is 16.2 Å². The molecule has 2 rings (SSSR count). The third-order valence-electron chi connectivity index (χ3n) is 2.86. The van der Waals surface area contributed by atoms with E-state index < -0.39 is 5.91 Å². The van der Waals surface area contributed by atoms with Gasteiger partial charge in [0.2, 0.25) is 0 Å². The van der Waals surface area contributed by atoms with Gasteiger partial charge in [-0.05, 0) is 43.9 Å². The van der Waals surface area contributed by atoms with E-state index in [4.69, 9.17) is 16.2 Å². The predicted octanol–water partition coefficient (Wildman–Crippen LogP) is 1.69. The Bertz CT molecular complexity index is 398. The van der Waals surface area contributed by atoms with Crippen molar-refractivity contribution < 1.29 is 9.53 Å². The lowest BCUT2D eigenvalue weighted by atomic mass is 10.1. The lowest BCUT2D eigenvalue weighted by Crippen LogP contribution is -2.17. The molecule has 0 unspecified atom stereocenters. The minimum atomic E-state index is -0.500. The van der Waals surface area contributed by atoms with Crippen molar-refractivity contribution in [2.75, 3.05) is 5.73 Å². The van der Waals surface area contributed by atoms with Crippen LogP contribution in [0.3, 0.4) is 0 Å². The summed E-state index contributed by atoms with van der Waals surface area (Å²) >= 11 is 0. The van der Waals surface area contributed by atoms with E-state index >= 15 is 0 Å². The maximum atomic E-state index is 11.2. The van der Waals surface area contributed by atoms with Crippen LogP contribution in [0.2, 0.25) is 0 Å². The number of ether oxygens (including phenoxy) is 1. The van der Waals surface area contributed by atoms with E-state index in [-0.39, 0.29) is 6.10 Å². The van der Waals surface area contributed by atoms with Gasteiger partial charge in [0, 0.05) is 5.69 Å². The van der Waals surface area contributed by atoms with Crippen molar-refractivity contribution in [1.29, 1.82) is 0 Å². The Morgan fingerprint density at radius 3 is 2.62 bits per heavy atom.